The first-order valence-electron chi connectivity index (χ1n) is 5.78. The lowest BCUT2D eigenvalue weighted by Crippen LogP contribution is -2.27. The molecule has 2 aromatic rings. The number of nitrogens with one attached hydrogen (secondary N) is 1. The molecule has 0 amide bonds. The minimum absolute atomic E-state index is 0.178. The summed E-state index contributed by atoms with van der Waals surface area (Å²) in [5.41, 5.74) is 0. The van der Waals surface area contributed by atoms with Gasteiger partial charge in [-0.3, -0.25) is 0 Å². The molecule has 92 valence electrons. The van der Waals surface area contributed by atoms with Gasteiger partial charge in [0.15, 0.2) is 0 Å². The molecule has 17 heavy (non-hydrogen) atoms. The molecule has 0 aliphatic carbocycles. The summed E-state index contributed by atoms with van der Waals surface area (Å²) in [4.78, 5) is 9.74. The first-order valence-corrected chi connectivity index (χ1v) is 6.66. The zero-order chi connectivity index (χ0) is 12.3. The molecule has 0 saturated heterocycles. The molecule has 1 unspecified atom stereocenters. The van der Waals surface area contributed by atoms with Gasteiger partial charge in [-0.05, 0) is 23.8 Å². The molecule has 0 aliphatic rings. The highest BCUT2D eigenvalue weighted by molar-refractivity contribution is 7.16. The van der Waals surface area contributed by atoms with Crippen LogP contribution >= 0.6 is 11.3 Å². The molecule has 1 atom stereocenters. The Hall–Kier alpha value is -1.20. The van der Waals surface area contributed by atoms with Crippen LogP contribution in [0.3, 0.4) is 0 Å². The molecule has 0 radical (unpaired) electrons. The molecule has 0 saturated carbocycles. The maximum Gasteiger partial charge on any atom is 0.224 e. The first kappa shape index (κ1) is 12.3. The van der Waals surface area contributed by atoms with Crippen molar-refractivity contribution in [3.05, 3.63) is 17.6 Å². The van der Waals surface area contributed by atoms with Crippen molar-refractivity contribution in [3.63, 3.8) is 0 Å². The maximum atomic E-state index is 9.02. The minimum atomic E-state index is 0.178. The molecule has 2 rings (SSSR count). The van der Waals surface area contributed by atoms with Crippen LogP contribution < -0.4 is 5.32 Å². The number of aromatic nitrogens is 2. The predicted octanol–water partition coefficient (Wildman–Crippen LogP) is 2.51. The summed E-state index contributed by atoms with van der Waals surface area (Å²) in [6, 6.07) is 2.22. The quantitative estimate of drug-likeness (QED) is 0.857. The third-order valence-electron chi connectivity index (χ3n) is 2.77. The van der Waals surface area contributed by atoms with Gasteiger partial charge >= 0.3 is 0 Å². The average Bonchev–Trinajstić information content (AvgIpc) is 2.75. The molecule has 0 bridgehead atoms. The highest BCUT2D eigenvalue weighted by Gasteiger charge is 2.14. The van der Waals surface area contributed by atoms with Crippen LogP contribution in [-0.4, -0.2) is 27.7 Å². The van der Waals surface area contributed by atoms with Crippen LogP contribution in [0.1, 0.15) is 20.3 Å². The summed E-state index contributed by atoms with van der Waals surface area (Å²) < 4.78 is 0. The van der Waals surface area contributed by atoms with E-state index in [9.17, 15) is 0 Å². The van der Waals surface area contributed by atoms with Crippen molar-refractivity contribution in [2.24, 2.45) is 5.92 Å². The summed E-state index contributed by atoms with van der Waals surface area (Å²) >= 11 is 1.61. The lowest BCUT2D eigenvalue weighted by molar-refractivity contribution is 0.267. The van der Waals surface area contributed by atoms with E-state index in [0.717, 1.165) is 10.2 Å². The third-order valence-corrected chi connectivity index (χ3v) is 3.59. The summed E-state index contributed by atoms with van der Waals surface area (Å²) in [6.45, 7) is 4.42. The minimum Gasteiger partial charge on any atom is -0.396 e. The topological polar surface area (TPSA) is 58.0 Å². The summed E-state index contributed by atoms with van der Waals surface area (Å²) in [7, 11) is 0. The van der Waals surface area contributed by atoms with Gasteiger partial charge in [-0.15, -0.1) is 11.3 Å². The van der Waals surface area contributed by atoms with Gasteiger partial charge in [0, 0.05) is 24.2 Å². The van der Waals surface area contributed by atoms with E-state index >= 15 is 0 Å². The van der Waals surface area contributed by atoms with E-state index in [-0.39, 0.29) is 12.6 Å². The van der Waals surface area contributed by atoms with Crippen LogP contribution in [0.25, 0.3) is 10.2 Å². The number of nitrogens with zero attached hydrogens (tertiary/aromatic N) is 2. The SMILES string of the molecule is CC(C)C(CCO)Nc1ncc2ccsc2n1. The van der Waals surface area contributed by atoms with Crippen molar-refractivity contribution in [2.45, 2.75) is 26.3 Å². The van der Waals surface area contributed by atoms with Crippen LogP contribution in [0, 0.1) is 5.92 Å². The van der Waals surface area contributed by atoms with Gasteiger partial charge in [0.2, 0.25) is 5.95 Å². The van der Waals surface area contributed by atoms with Crippen molar-refractivity contribution in [1.29, 1.82) is 0 Å². The second-order valence-electron chi connectivity index (χ2n) is 4.38. The number of aliphatic hydroxyl groups is 1. The number of hydrogen-bond acceptors (Lipinski definition) is 5. The highest BCUT2D eigenvalue weighted by Crippen LogP contribution is 2.19. The van der Waals surface area contributed by atoms with Crippen molar-refractivity contribution in [1.82, 2.24) is 9.97 Å². The summed E-state index contributed by atoms with van der Waals surface area (Å²) in [6.07, 6.45) is 2.54. The smallest absolute Gasteiger partial charge is 0.224 e. The van der Waals surface area contributed by atoms with Crippen LogP contribution in [0.2, 0.25) is 0 Å². The molecule has 2 aromatic heterocycles. The van der Waals surface area contributed by atoms with Crippen LogP contribution in [0.15, 0.2) is 17.6 Å². The molecular formula is C12H17N3OS. The van der Waals surface area contributed by atoms with Crippen molar-refractivity contribution >= 4 is 27.5 Å². The zero-order valence-electron chi connectivity index (χ0n) is 10.1. The Morgan fingerprint density at radius 3 is 3.00 bits per heavy atom. The molecule has 2 N–H and O–H groups in total. The number of aliphatic hydroxyl groups excluding tert-OH is 1. The largest absolute Gasteiger partial charge is 0.396 e. The van der Waals surface area contributed by atoms with Gasteiger partial charge in [0.05, 0.1) is 0 Å². The van der Waals surface area contributed by atoms with Crippen molar-refractivity contribution < 1.29 is 5.11 Å². The zero-order valence-corrected chi connectivity index (χ0v) is 10.9. The molecule has 2 heterocycles. The molecule has 5 heteroatoms. The number of anilines is 1. The molecule has 4 nitrogen and oxygen atoms in total. The number of thiophene rings is 1. The lowest BCUT2D eigenvalue weighted by Gasteiger charge is -2.21. The second-order valence-corrected chi connectivity index (χ2v) is 5.28. The first-order chi connectivity index (χ1) is 8.20. The molecule has 0 aromatic carbocycles. The number of fused-ring (bicyclic) bond motifs is 1. The van der Waals surface area contributed by atoms with Gasteiger partial charge in [-0.25, -0.2) is 9.97 Å². The van der Waals surface area contributed by atoms with Gasteiger partial charge in [0.25, 0.3) is 0 Å². The Labute approximate surface area is 105 Å². The van der Waals surface area contributed by atoms with Crippen LogP contribution in [0.4, 0.5) is 5.95 Å². The third kappa shape index (κ3) is 2.92. The summed E-state index contributed by atoms with van der Waals surface area (Å²) in [5, 5.41) is 15.4. The van der Waals surface area contributed by atoms with E-state index in [0.29, 0.717) is 18.3 Å². The standard InChI is InChI=1S/C12H17N3OS/c1-8(2)10(3-5-16)14-12-13-7-9-4-6-17-11(9)15-12/h4,6-8,10,16H,3,5H2,1-2H3,(H,13,14,15). The normalized spacial score (nSPS) is 13.2. The number of rotatable bonds is 5. The van der Waals surface area contributed by atoms with Gasteiger partial charge < -0.3 is 10.4 Å². The second kappa shape index (κ2) is 5.42. The van der Waals surface area contributed by atoms with Gasteiger partial charge in [-0.2, -0.15) is 0 Å². The van der Waals surface area contributed by atoms with E-state index in [1.165, 1.54) is 0 Å². The average molecular weight is 251 g/mol. The fourth-order valence-electron chi connectivity index (χ4n) is 1.70. The maximum absolute atomic E-state index is 9.02. The lowest BCUT2D eigenvalue weighted by atomic mass is 10.0. The Morgan fingerprint density at radius 1 is 1.47 bits per heavy atom. The predicted molar refractivity (Wildman–Crippen MR) is 71.4 cm³/mol. The van der Waals surface area contributed by atoms with Crippen LogP contribution in [-0.2, 0) is 0 Å². The molecule has 0 aliphatic heterocycles. The van der Waals surface area contributed by atoms with Crippen LogP contribution in [0.5, 0.6) is 0 Å². The Kier molecular flexibility index (Phi) is 3.91. The Bertz CT molecular complexity index is 483. The van der Waals surface area contributed by atoms with Crippen molar-refractivity contribution in [3.8, 4) is 0 Å². The fraction of sp³-hybridized carbons (Fsp3) is 0.500. The van der Waals surface area contributed by atoms with E-state index in [2.05, 4.69) is 29.1 Å². The summed E-state index contributed by atoms with van der Waals surface area (Å²) in [5.74, 6) is 1.08. The van der Waals surface area contributed by atoms with Gasteiger partial charge in [-0.1, -0.05) is 13.8 Å². The molecular weight excluding hydrogens is 234 g/mol. The monoisotopic (exact) mass is 251 g/mol. The highest BCUT2D eigenvalue weighted by atomic mass is 32.1. The van der Waals surface area contributed by atoms with E-state index in [1.807, 2.05) is 17.6 Å². The fourth-order valence-corrected chi connectivity index (χ4v) is 2.44. The molecule has 0 spiro atoms. The Balaban J connectivity index is 2.15. The van der Waals surface area contributed by atoms with E-state index in [4.69, 9.17) is 5.11 Å². The van der Waals surface area contributed by atoms with E-state index < -0.39 is 0 Å². The van der Waals surface area contributed by atoms with Crippen molar-refractivity contribution in [2.75, 3.05) is 11.9 Å². The van der Waals surface area contributed by atoms with E-state index in [1.54, 1.807) is 11.3 Å². The number of hydrogen-bond donors (Lipinski definition) is 2. The Morgan fingerprint density at radius 2 is 2.29 bits per heavy atom. The molecule has 0 fully saturated rings. The van der Waals surface area contributed by atoms with Gasteiger partial charge in [0.1, 0.15) is 4.83 Å².